The van der Waals surface area contributed by atoms with E-state index in [2.05, 4.69) is 9.97 Å². The fourth-order valence-corrected chi connectivity index (χ4v) is 2.62. The number of nitrogens with one attached hydrogen (secondary N) is 1. The van der Waals surface area contributed by atoms with E-state index in [1.54, 1.807) is 0 Å². The third-order valence-electron chi connectivity index (χ3n) is 2.47. The maximum absolute atomic E-state index is 11.2. The first kappa shape index (κ1) is 13.3. The summed E-state index contributed by atoms with van der Waals surface area (Å²) in [6.07, 6.45) is -3.22. The van der Waals surface area contributed by atoms with Gasteiger partial charge in [0.25, 0.3) is 5.56 Å². The van der Waals surface area contributed by atoms with Gasteiger partial charge in [-0.05, 0) is 0 Å². The number of aliphatic hydroxyl groups excluding tert-OH is 3. The molecule has 100 valence electrons. The van der Waals surface area contributed by atoms with E-state index >= 15 is 0 Å². The Morgan fingerprint density at radius 3 is 2.78 bits per heavy atom. The predicted octanol–water partition coefficient (Wildman–Crippen LogP) is -2.12. The van der Waals surface area contributed by atoms with Crippen LogP contribution >= 0.6 is 11.8 Å². The molecule has 9 heteroatoms. The van der Waals surface area contributed by atoms with E-state index in [0.717, 1.165) is 17.8 Å². The number of rotatable bonds is 3. The molecular formula is C9H13N3O5S. The van der Waals surface area contributed by atoms with Crippen LogP contribution in [0.3, 0.4) is 0 Å². The number of thioether (sulfide) groups is 1. The van der Waals surface area contributed by atoms with Gasteiger partial charge in [-0.15, -0.1) is 0 Å². The summed E-state index contributed by atoms with van der Waals surface area (Å²) in [6, 6.07) is 1.13. The molecule has 0 aromatic carbocycles. The summed E-state index contributed by atoms with van der Waals surface area (Å²) in [4.78, 5) is 17.5. The Kier molecular flexibility index (Phi) is 3.88. The smallest absolute Gasteiger partial charge is 0.253 e. The average molecular weight is 275 g/mol. The van der Waals surface area contributed by atoms with Gasteiger partial charge < -0.3 is 30.8 Å². The molecule has 8 nitrogen and oxygen atoms in total. The Hall–Kier alpha value is -1.13. The summed E-state index contributed by atoms with van der Waals surface area (Å²) < 4.78 is 5.23. The molecule has 0 aliphatic carbocycles. The van der Waals surface area contributed by atoms with Gasteiger partial charge in [-0.2, -0.15) is 0 Å². The van der Waals surface area contributed by atoms with Gasteiger partial charge in [0.2, 0.25) is 0 Å². The molecule has 4 atom stereocenters. The predicted molar refractivity (Wildman–Crippen MR) is 62.9 cm³/mol. The molecule has 0 radical (unpaired) electrons. The fourth-order valence-electron chi connectivity index (χ4n) is 1.58. The van der Waals surface area contributed by atoms with Crippen molar-refractivity contribution in [2.45, 2.75) is 28.9 Å². The van der Waals surface area contributed by atoms with Crippen molar-refractivity contribution in [2.75, 3.05) is 12.3 Å². The van der Waals surface area contributed by atoms with Crippen molar-refractivity contribution < 1.29 is 20.1 Å². The Balaban J connectivity index is 2.12. The van der Waals surface area contributed by atoms with Crippen LogP contribution in [0.1, 0.15) is 0 Å². The third kappa shape index (κ3) is 2.65. The second kappa shape index (κ2) is 5.24. The zero-order valence-electron chi connectivity index (χ0n) is 9.18. The largest absolute Gasteiger partial charge is 0.394 e. The molecule has 18 heavy (non-hydrogen) atoms. The molecule has 0 spiro atoms. The van der Waals surface area contributed by atoms with Gasteiger partial charge in [-0.3, -0.25) is 4.79 Å². The van der Waals surface area contributed by atoms with Crippen molar-refractivity contribution in [1.29, 1.82) is 0 Å². The number of aromatic amines is 1. The van der Waals surface area contributed by atoms with Crippen LogP contribution in [0.2, 0.25) is 0 Å². The lowest BCUT2D eigenvalue weighted by Crippen LogP contribution is -2.33. The van der Waals surface area contributed by atoms with Crippen LogP contribution < -0.4 is 11.3 Å². The minimum atomic E-state index is -1.18. The molecule has 0 unspecified atom stereocenters. The highest BCUT2D eigenvalue weighted by Gasteiger charge is 2.43. The number of hydrogen-bond donors (Lipinski definition) is 5. The van der Waals surface area contributed by atoms with Crippen molar-refractivity contribution in [3.8, 4) is 0 Å². The van der Waals surface area contributed by atoms with Gasteiger partial charge in [0.1, 0.15) is 29.6 Å². The van der Waals surface area contributed by atoms with Crippen molar-refractivity contribution in [2.24, 2.45) is 0 Å². The minimum absolute atomic E-state index is 0.0491. The molecule has 1 aliphatic heterocycles. The van der Waals surface area contributed by atoms with Crippen LogP contribution in [0.5, 0.6) is 0 Å². The minimum Gasteiger partial charge on any atom is -0.394 e. The third-order valence-corrected chi connectivity index (χ3v) is 3.50. The van der Waals surface area contributed by atoms with Crippen molar-refractivity contribution in [1.82, 2.24) is 9.97 Å². The number of anilines is 1. The Morgan fingerprint density at radius 1 is 1.50 bits per heavy atom. The highest BCUT2D eigenvalue weighted by Crippen LogP contribution is 2.32. The van der Waals surface area contributed by atoms with Crippen LogP contribution in [0.15, 0.2) is 16.0 Å². The van der Waals surface area contributed by atoms with Gasteiger partial charge >= 0.3 is 0 Å². The second-order valence-electron chi connectivity index (χ2n) is 3.80. The molecule has 2 rings (SSSR count). The number of nitrogens with zero attached hydrogens (tertiary/aromatic N) is 1. The standard InChI is InChI=1S/C9H13N3O5S/c10-4-1-5(14)12-9(11-4)18-8-7(16)6(15)3(2-13)17-8/h1,3,6-8,13,15-16H,2H2,(H3,10,11,12,14)/t3-,6+,7+,8-/m0/s1. The molecule has 6 N–H and O–H groups in total. The summed E-state index contributed by atoms with van der Waals surface area (Å²) in [5.74, 6) is 0.0491. The quantitative estimate of drug-likeness (QED) is 0.394. The van der Waals surface area contributed by atoms with Gasteiger partial charge in [0.05, 0.1) is 6.61 Å². The molecular weight excluding hydrogens is 262 g/mol. The lowest BCUT2D eigenvalue weighted by Gasteiger charge is -2.13. The fraction of sp³-hybridized carbons (Fsp3) is 0.556. The van der Waals surface area contributed by atoms with Crippen LogP contribution in [0.4, 0.5) is 5.82 Å². The summed E-state index contributed by atoms with van der Waals surface area (Å²) in [6.45, 7) is -0.407. The average Bonchev–Trinajstić information content (AvgIpc) is 2.55. The molecule has 2 heterocycles. The maximum atomic E-state index is 11.2. The van der Waals surface area contributed by atoms with E-state index in [4.69, 9.17) is 15.6 Å². The second-order valence-corrected chi connectivity index (χ2v) is 4.89. The van der Waals surface area contributed by atoms with Crippen molar-refractivity contribution >= 4 is 17.6 Å². The molecule has 1 aromatic rings. The SMILES string of the molecule is Nc1cc(=O)[nH]c(S[C@@H]2O[C@@H](CO)[C@@H](O)[C@H]2O)n1. The zero-order valence-corrected chi connectivity index (χ0v) is 10.0. The highest BCUT2D eigenvalue weighted by molar-refractivity contribution is 7.99. The van der Waals surface area contributed by atoms with Crippen molar-refractivity contribution in [3.05, 3.63) is 16.4 Å². The normalized spacial score (nSPS) is 31.7. The number of nitrogens with two attached hydrogens (primary N) is 1. The summed E-state index contributed by atoms with van der Waals surface area (Å²) in [5, 5.41) is 28.4. The summed E-state index contributed by atoms with van der Waals surface area (Å²) in [5.41, 5.74) is 4.16. The molecule has 1 aromatic heterocycles. The lowest BCUT2D eigenvalue weighted by molar-refractivity contribution is -0.00810. The number of nitrogen functional groups attached to an aromatic ring is 1. The number of ether oxygens (including phenoxy) is 1. The molecule has 0 amide bonds. The number of aliphatic hydroxyl groups is 3. The Labute approximate surface area is 106 Å². The van der Waals surface area contributed by atoms with Crippen LogP contribution in [-0.2, 0) is 4.74 Å². The van der Waals surface area contributed by atoms with E-state index in [1.165, 1.54) is 0 Å². The lowest BCUT2D eigenvalue weighted by atomic mass is 10.2. The van der Waals surface area contributed by atoms with Gasteiger partial charge in [-0.1, -0.05) is 11.8 Å². The van der Waals surface area contributed by atoms with Crippen LogP contribution in [0, 0.1) is 0 Å². The first-order valence-corrected chi connectivity index (χ1v) is 6.05. The monoisotopic (exact) mass is 275 g/mol. The van der Waals surface area contributed by atoms with E-state index in [0.29, 0.717) is 0 Å². The summed E-state index contributed by atoms with van der Waals surface area (Å²) >= 11 is 0.921. The van der Waals surface area contributed by atoms with E-state index in [-0.39, 0.29) is 11.0 Å². The highest BCUT2D eigenvalue weighted by atomic mass is 32.2. The van der Waals surface area contributed by atoms with Gasteiger partial charge in [0, 0.05) is 6.07 Å². The summed E-state index contributed by atoms with van der Waals surface area (Å²) in [7, 11) is 0. The van der Waals surface area contributed by atoms with Crippen molar-refractivity contribution in [3.63, 3.8) is 0 Å². The molecule has 1 fully saturated rings. The zero-order chi connectivity index (χ0) is 13.3. The molecule has 0 saturated carbocycles. The van der Waals surface area contributed by atoms with E-state index in [9.17, 15) is 15.0 Å². The maximum Gasteiger partial charge on any atom is 0.253 e. The number of H-pyrrole nitrogens is 1. The number of hydrogen-bond acceptors (Lipinski definition) is 8. The first-order valence-electron chi connectivity index (χ1n) is 5.17. The number of aromatic nitrogens is 2. The Morgan fingerprint density at radius 2 is 2.22 bits per heavy atom. The van der Waals surface area contributed by atoms with Gasteiger partial charge in [0.15, 0.2) is 5.16 Å². The Bertz CT molecular complexity index is 482. The molecule has 1 aliphatic rings. The van der Waals surface area contributed by atoms with Gasteiger partial charge in [-0.25, -0.2) is 4.98 Å². The van der Waals surface area contributed by atoms with Crippen LogP contribution in [0.25, 0.3) is 0 Å². The molecule has 0 bridgehead atoms. The molecule has 1 saturated heterocycles. The van der Waals surface area contributed by atoms with E-state index in [1.807, 2.05) is 0 Å². The topological polar surface area (TPSA) is 142 Å². The first-order chi connectivity index (χ1) is 8.51. The van der Waals surface area contributed by atoms with E-state index < -0.39 is 35.9 Å². The van der Waals surface area contributed by atoms with Crippen LogP contribution in [-0.4, -0.2) is 55.6 Å².